The zero-order chi connectivity index (χ0) is 10.6. The second-order valence-electron chi connectivity index (χ2n) is 2.72. The first-order valence-corrected chi connectivity index (χ1v) is 4.93. The summed E-state index contributed by atoms with van der Waals surface area (Å²) in [7, 11) is 0. The molecule has 5 N–H and O–H groups in total. The van der Waals surface area contributed by atoms with E-state index in [-0.39, 0.29) is 5.17 Å². The number of primary amides is 1. The lowest BCUT2D eigenvalue weighted by molar-refractivity contribution is 0.1000. The minimum Gasteiger partial charge on any atom is -0.379 e. The summed E-state index contributed by atoms with van der Waals surface area (Å²) in [6, 6.07) is 6.99. The molecule has 0 saturated carbocycles. The first kappa shape index (κ1) is 10.6. The maximum atomic E-state index is 10.8. The van der Waals surface area contributed by atoms with Crippen molar-refractivity contribution in [3.05, 3.63) is 35.4 Å². The van der Waals surface area contributed by atoms with Crippen LogP contribution in [0.3, 0.4) is 0 Å². The van der Waals surface area contributed by atoms with Crippen molar-refractivity contribution < 1.29 is 4.79 Å². The lowest BCUT2D eigenvalue weighted by Crippen LogP contribution is -2.11. The first-order valence-electron chi connectivity index (χ1n) is 3.95. The van der Waals surface area contributed by atoms with Crippen LogP contribution in [0, 0.1) is 5.41 Å². The van der Waals surface area contributed by atoms with Gasteiger partial charge in [-0.1, -0.05) is 23.9 Å². The molecule has 0 aromatic heterocycles. The molecule has 5 heteroatoms. The predicted octanol–water partition coefficient (Wildman–Crippen LogP) is 0.912. The van der Waals surface area contributed by atoms with Gasteiger partial charge in [-0.05, 0) is 17.7 Å². The lowest BCUT2D eigenvalue weighted by Gasteiger charge is -2.01. The van der Waals surface area contributed by atoms with Crippen LogP contribution in [-0.2, 0) is 5.75 Å². The number of thioether (sulfide) groups is 1. The van der Waals surface area contributed by atoms with E-state index in [0.29, 0.717) is 11.3 Å². The molecular formula is C9H11N3OS. The second kappa shape index (κ2) is 4.66. The average Bonchev–Trinajstić information content (AvgIpc) is 2.15. The Morgan fingerprint density at radius 2 is 2.14 bits per heavy atom. The Balaban J connectivity index is 2.73. The minimum absolute atomic E-state index is 0.0643. The molecule has 0 spiro atoms. The third-order valence-corrected chi connectivity index (χ3v) is 2.39. The highest BCUT2D eigenvalue weighted by Gasteiger charge is 2.01. The SMILES string of the molecule is N=C(N)SCc1cccc(C(N)=O)c1. The molecule has 74 valence electrons. The Hall–Kier alpha value is -1.49. The Morgan fingerprint density at radius 3 is 2.71 bits per heavy atom. The molecular weight excluding hydrogens is 198 g/mol. The van der Waals surface area contributed by atoms with Crippen molar-refractivity contribution >= 4 is 22.8 Å². The lowest BCUT2D eigenvalue weighted by atomic mass is 10.1. The van der Waals surface area contributed by atoms with E-state index in [9.17, 15) is 4.79 Å². The van der Waals surface area contributed by atoms with E-state index in [1.165, 1.54) is 11.8 Å². The highest BCUT2D eigenvalue weighted by molar-refractivity contribution is 8.13. The van der Waals surface area contributed by atoms with Crippen LogP contribution in [0.25, 0.3) is 0 Å². The van der Waals surface area contributed by atoms with Crippen LogP contribution in [0.4, 0.5) is 0 Å². The number of nitrogens with one attached hydrogen (secondary N) is 1. The summed E-state index contributed by atoms with van der Waals surface area (Å²) >= 11 is 1.21. The van der Waals surface area contributed by atoms with Crippen molar-refractivity contribution in [1.82, 2.24) is 0 Å². The average molecular weight is 209 g/mol. The summed E-state index contributed by atoms with van der Waals surface area (Å²) in [6.45, 7) is 0. The van der Waals surface area contributed by atoms with Gasteiger partial charge in [0.1, 0.15) is 0 Å². The molecule has 0 aliphatic carbocycles. The first-order chi connectivity index (χ1) is 6.59. The number of benzene rings is 1. The van der Waals surface area contributed by atoms with E-state index in [1.54, 1.807) is 18.2 Å². The molecule has 1 aromatic carbocycles. The maximum absolute atomic E-state index is 10.8. The van der Waals surface area contributed by atoms with Gasteiger partial charge in [0.15, 0.2) is 5.17 Å². The fraction of sp³-hybridized carbons (Fsp3) is 0.111. The van der Waals surface area contributed by atoms with E-state index in [2.05, 4.69) is 0 Å². The number of hydrogen-bond donors (Lipinski definition) is 3. The fourth-order valence-electron chi connectivity index (χ4n) is 0.975. The highest BCUT2D eigenvalue weighted by atomic mass is 32.2. The van der Waals surface area contributed by atoms with Crippen molar-refractivity contribution in [2.45, 2.75) is 5.75 Å². The molecule has 0 radical (unpaired) electrons. The standard InChI is InChI=1S/C9H11N3OS/c10-8(13)7-3-1-2-6(4-7)5-14-9(11)12/h1-4H,5H2,(H2,10,13)(H3,11,12). The van der Waals surface area contributed by atoms with Gasteiger partial charge in [-0.3, -0.25) is 10.2 Å². The Morgan fingerprint density at radius 1 is 1.43 bits per heavy atom. The quantitative estimate of drug-likeness (QED) is 0.510. The van der Waals surface area contributed by atoms with Gasteiger partial charge in [-0.25, -0.2) is 0 Å². The number of amidine groups is 1. The highest BCUT2D eigenvalue weighted by Crippen LogP contribution is 2.12. The molecule has 0 saturated heterocycles. The number of amides is 1. The monoisotopic (exact) mass is 209 g/mol. The molecule has 14 heavy (non-hydrogen) atoms. The van der Waals surface area contributed by atoms with Gasteiger partial charge in [-0.15, -0.1) is 0 Å². The van der Waals surface area contributed by atoms with E-state index in [1.807, 2.05) is 6.07 Å². The van der Waals surface area contributed by atoms with Crippen molar-refractivity contribution in [3.63, 3.8) is 0 Å². The Labute approximate surface area is 86.2 Å². The van der Waals surface area contributed by atoms with E-state index >= 15 is 0 Å². The summed E-state index contributed by atoms with van der Waals surface area (Å²) in [5.74, 6) is 0.135. The number of rotatable bonds is 3. The molecule has 1 amide bonds. The second-order valence-corrected chi connectivity index (χ2v) is 3.73. The minimum atomic E-state index is -0.445. The Kier molecular flexibility index (Phi) is 3.53. The van der Waals surface area contributed by atoms with Crippen molar-refractivity contribution in [1.29, 1.82) is 5.41 Å². The van der Waals surface area contributed by atoms with Gasteiger partial charge in [0.2, 0.25) is 5.91 Å². The molecule has 4 nitrogen and oxygen atoms in total. The van der Waals surface area contributed by atoms with Gasteiger partial charge in [-0.2, -0.15) is 0 Å². The zero-order valence-electron chi connectivity index (χ0n) is 7.49. The van der Waals surface area contributed by atoms with Gasteiger partial charge < -0.3 is 11.5 Å². The molecule has 0 bridgehead atoms. The summed E-state index contributed by atoms with van der Waals surface area (Å²) in [6.07, 6.45) is 0. The van der Waals surface area contributed by atoms with Crippen LogP contribution in [0.5, 0.6) is 0 Å². The summed E-state index contributed by atoms with van der Waals surface area (Å²) in [5, 5.41) is 7.10. The van der Waals surface area contributed by atoms with Gasteiger partial charge in [0.05, 0.1) is 0 Å². The van der Waals surface area contributed by atoms with E-state index < -0.39 is 5.91 Å². The van der Waals surface area contributed by atoms with Crippen molar-refractivity contribution in [2.75, 3.05) is 0 Å². The third kappa shape index (κ3) is 3.10. The topological polar surface area (TPSA) is 93.0 Å². The van der Waals surface area contributed by atoms with Crippen molar-refractivity contribution in [2.24, 2.45) is 11.5 Å². The fourth-order valence-corrected chi connectivity index (χ4v) is 1.48. The Bertz CT molecular complexity index is 365. The number of nitrogens with two attached hydrogens (primary N) is 2. The maximum Gasteiger partial charge on any atom is 0.248 e. The molecule has 0 heterocycles. The smallest absolute Gasteiger partial charge is 0.248 e. The molecule has 0 unspecified atom stereocenters. The van der Waals surface area contributed by atoms with E-state index in [0.717, 1.165) is 5.56 Å². The molecule has 1 rings (SSSR count). The summed E-state index contributed by atoms with van der Waals surface area (Å²) in [5.41, 5.74) is 11.7. The third-order valence-electron chi connectivity index (χ3n) is 1.61. The molecule has 0 aliphatic heterocycles. The van der Waals surface area contributed by atoms with Gasteiger partial charge in [0.25, 0.3) is 0 Å². The molecule has 0 fully saturated rings. The summed E-state index contributed by atoms with van der Waals surface area (Å²) in [4.78, 5) is 10.8. The predicted molar refractivity (Wildman–Crippen MR) is 58.2 cm³/mol. The van der Waals surface area contributed by atoms with Crippen LogP contribution < -0.4 is 11.5 Å². The zero-order valence-corrected chi connectivity index (χ0v) is 8.30. The number of hydrogen-bond acceptors (Lipinski definition) is 3. The van der Waals surface area contributed by atoms with Crippen LogP contribution in [0.15, 0.2) is 24.3 Å². The van der Waals surface area contributed by atoms with Crippen LogP contribution >= 0.6 is 11.8 Å². The van der Waals surface area contributed by atoms with Crippen molar-refractivity contribution in [3.8, 4) is 0 Å². The van der Waals surface area contributed by atoms with Gasteiger partial charge >= 0.3 is 0 Å². The van der Waals surface area contributed by atoms with Crippen LogP contribution in [-0.4, -0.2) is 11.1 Å². The summed E-state index contributed by atoms with van der Waals surface area (Å²) < 4.78 is 0. The molecule has 1 aromatic rings. The van der Waals surface area contributed by atoms with Crippen LogP contribution in [0.1, 0.15) is 15.9 Å². The number of carbonyl (C=O) groups is 1. The van der Waals surface area contributed by atoms with Crippen LogP contribution in [0.2, 0.25) is 0 Å². The molecule has 0 atom stereocenters. The molecule has 0 aliphatic rings. The number of carbonyl (C=O) groups excluding carboxylic acids is 1. The normalized spacial score (nSPS) is 9.71. The van der Waals surface area contributed by atoms with Gasteiger partial charge in [0, 0.05) is 11.3 Å². The van der Waals surface area contributed by atoms with E-state index in [4.69, 9.17) is 16.9 Å². The largest absolute Gasteiger partial charge is 0.379 e.